The largest absolute Gasteiger partial charge is 0.615 e. The predicted molar refractivity (Wildman–Crippen MR) is 100 cm³/mol. The molecular formula is C19H28N2O3S. The number of β-lactam (4-membered cyclic amide) rings is 1. The smallest absolute Gasteiger partial charge is 0.239 e. The van der Waals surface area contributed by atoms with Crippen LogP contribution in [0.4, 0.5) is 0 Å². The first kappa shape index (κ1) is 19.8. The van der Waals surface area contributed by atoms with E-state index in [1.807, 2.05) is 6.07 Å². The zero-order chi connectivity index (χ0) is 18.2. The molecule has 0 saturated carbocycles. The van der Waals surface area contributed by atoms with Crippen molar-refractivity contribution < 1.29 is 14.1 Å². The number of aryl methyl sites for hydroxylation is 1. The number of unbranched alkanes of at least 4 members (excludes halogenated alkanes) is 3. The topological polar surface area (TPSA) is 72.5 Å². The maximum atomic E-state index is 11.9. The Labute approximate surface area is 153 Å². The van der Waals surface area contributed by atoms with Crippen LogP contribution in [0, 0.1) is 5.92 Å². The van der Waals surface area contributed by atoms with Crippen LogP contribution in [-0.2, 0) is 27.2 Å². The number of amides is 2. The fraction of sp³-hybridized carbons (Fsp3) is 0.579. The summed E-state index contributed by atoms with van der Waals surface area (Å²) >= 11 is -1.12. The maximum Gasteiger partial charge on any atom is 0.239 e. The summed E-state index contributed by atoms with van der Waals surface area (Å²) in [6.45, 7) is 2.40. The fourth-order valence-corrected chi connectivity index (χ4v) is 4.45. The van der Waals surface area contributed by atoms with Gasteiger partial charge in [0.25, 0.3) is 0 Å². The van der Waals surface area contributed by atoms with Crippen molar-refractivity contribution in [3.63, 3.8) is 0 Å². The number of rotatable bonds is 10. The molecule has 2 amide bonds. The van der Waals surface area contributed by atoms with E-state index in [1.54, 1.807) is 13.2 Å². The first-order chi connectivity index (χ1) is 12.0. The average Bonchev–Trinajstić information content (AvgIpc) is 2.60. The number of carbonyl (C=O) groups excluding carboxylic acids is 2. The van der Waals surface area contributed by atoms with E-state index in [4.69, 9.17) is 0 Å². The first-order valence-corrected chi connectivity index (χ1v) is 10.6. The minimum atomic E-state index is -1.12. The summed E-state index contributed by atoms with van der Waals surface area (Å²) in [5.41, 5.74) is 1.37. The molecule has 0 radical (unpaired) electrons. The number of benzene rings is 1. The molecule has 1 aromatic rings. The van der Waals surface area contributed by atoms with Crippen LogP contribution in [0.25, 0.3) is 0 Å². The van der Waals surface area contributed by atoms with Crippen molar-refractivity contribution in [3.05, 3.63) is 35.9 Å². The normalized spacial score (nSPS) is 20.9. The van der Waals surface area contributed by atoms with Gasteiger partial charge in [-0.25, -0.2) is 0 Å². The molecule has 5 nitrogen and oxygen atoms in total. The van der Waals surface area contributed by atoms with Crippen molar-refractivity contribution in [2.24, 2.45) is 5.92 Å². The van der Waals surface area contributed by atoms with Crippen molar-refractivity contribution in [1.82, 2.24) is 10.2 Å². The van der Waals surface area contributed by atoms with Gasteiger partial charge in [0.1, 0.15) is 12.5 Å². The van der Waals surface area contributed by atoms with E-state index in [2.05, 4.69) is 29.6 Å². The summed E-state index contributed by atoms with van der Waals surface area (Å²) in [6, 6.07) is 10.4. The van der Waals surface area contributed by atoms with Crippen LogP contribution in [-0.4, -0.2) is 46.0 Å². The van der Waals surface area contributed by atoms with E-state index < -0.39 is 11.2 Å². The van der Waals surface area contributed by atoms with Crippen LogP contribution in [0.5, 0.6) is 0 Å². The van der Waals surface area contributed by atoms with Gasteiger partial charge in [0, 0.05) is 6.54 Å². The lowest BCUT2D eigenvalue weighted by Crippen LogP contribution is -2.64. The van der Waals surface area contributed by atoms with E-state index in [0.29, 0.717) is 6.54 Å². The van der Waals surface area contributed by atoms with Gasteiger partial charge in [-0.3, -0.25) is 14.5 Å². The fourth-order valence-electron chi connectivity index (χ4n) is 3.22. The number of nitrogens with zero attached hydrogens (tertiary/aromatic N) is 1. The monoisotopic (exact) mass is 364 g/mol. The molecule has 1 heterocycles. The van der Waals surface area contributed by atoms with Gasteiger partial charge in [0.05, 0.1) is 6.26 Å². The minimum Gasteiger partial charge on any atom is -0.615 e. The molecule has 1 saturated heterocycles. The summed E-state index contributed by atoms with van der Waals surface area (Å²) in [7, 11) is 0. The third kappa shape index (κ3) is 5.75. The van der Waals surface area contributed by atoms with Crippen molar-refractivity contribution >= 4 is 23.0 Å². The Morgan fingerprint density at radius 3 is 2.56 bits per heavy atom. The molecule has 6 heteroatoms. The molecule has 1 fully saturated rings. The number of likely N-dealkylation sites (tertiary alicyclic amines) is 1. The molecule has 0 aromatic heterocycles. The van der Waals surface area contributed by atoms with Gasteiger partial charge in [0.2, 0.25) is 17.2 Å². The Morgan fingerprint density at radius 1 is 1.20 bits per heavy atom. The molecule has 3 atom stereocenters. The molecular weight excluding hydrogens is 336 g/mol. The van der Waals surface area contributed by atoms with Gasteiger partial charge in [-0.2, -0.15) is 0 Å². The highest BCUT2D eigenvalue weighted by Gasteiger charge is 2.51. The van der Waals surface area contributed by atoms with Crippen LogP contribution < -0.4 is 5.32 Å². The Morgan fingerprint density at radius 2 is 1.88 bits per heavy atom. The highest BCUT2D eigenvalue weighted by molar-refractivity contribution is 7.91. The number of nitrogens with one attached hydrogen (secondary N) is 1. The van der Waals surface area contributed by atoms with Gasteiger partial charge < -0.3 is 9.87 Å². The highest BCUT2D eigenvalue weighted by atomic mass is 32.2. The summed E-state index contributed by atoms with van der Waals surface area (Å²) in [5, 5.41) is 2.53. The summed E-state index contributed by atoms with van der Waals surface area (Å²) < 4.78 is 11.6. The minimum absolute atomic E-state index is 0.0153. The first-order valence-electron chi connectivity index (χ1n) is 8.94. The maximum absolute atomic E-state index is 11.9. The van der Waals surface area contributed by atoms with Crippen molar-refractivity contribution in [2.75, 3.05) is 19.3 Å². The Bertz CT molecular complexity index is 565. The lowest BCUT2D eigenvalue weighted by atomic mass is 10.0. The predicted octanol–water partition coefficient (Wildman–Crippen LogP) is 2.09. The zero-order valence-corrected chi connectivity index (χ0v) is 15.9. The van der Waals surface area contributed by atoms with Gasteiger partial charge in [-0.1, -0.05) is 43.2 Å². The molecule has 0 spiro atoms. The molecule has 0 aliphatic carbocycles. The van der Waals surface area contributed by atoms with E-state index in [-0.39, 0.29) is 29.7 Å². The second kappa shape index (κ2) is 9.82. The molecule has 1 unspecified atom stereocenters. The Balaban J connectivity index is 1.53. The lowest BCUT2D eigenvalue weighted by molar-refractivity contribution is -0.152. The van der Waals surface area contributed by atoms with Crippen LogP contribution >= 0.6 is 0 Å². The molecule has 25 heavy (non-hydrogen) atoms. The Kier molecular flexibility index (Phi) is 7.78. The second-order valence-corrected chi connectivity index (χ2v) is 8.12. The number of hydrogen-bond donors (Lipinski definition) is 1. The molecule has 1 aromatic carbocycles. The van der Waals surface area contributed by atoms with Gasteiger partial charge in [0.15, 0.2) is 0 Å². The molecule has 2 rings (SSSR count). The molecule has 138 valence electrons. The second-order valence-electron chi connectivity index (χ2n) is 6.64. The third-order valence-electron chi connectivity index (χ3n) is 4.62. The molecule has 1 N–H and O–H groups in total. The van der Waals surface area contributed by atoms with E-state index in [0.717, 1.165) is 32.1 Å². The van der Waals surface area contributed by atoms with Gasteiger partial charge in [-0.15, -0.1) is 0 Å². The quantitative estimate of drug-likeness (QED) is 0.392. The zero-order valence-electron chi connectivity index (χ0n) is 15.1. The molecule has 1 aliphatic rings. The van der Waals surface area contributed by atoms with Crippen LogP contribution in [0.2, 0.25) is 0 Å². The average molecular weight is 365 g/mol. The summed E-state index contributed by atoms with van der Waals surface area (Å²) in [5.74, 6) is -0.500. The van der Waals surface area contributed by atoms with Crippen molar-refractivity contribution in [2.45, 2.75) is 44.4 Å². The standard InChI is InChI=1S/C19H28N2O3S/c1-15-18(23)21(19(15)25(2)24)14-17(22)20-13-9-4-3-6-10-16-11-7-5-8-12-16/h5,7-8,11-12,15,19H,3-4,6,9-10,13-14H2,1-2H3,(H,20,22)/t15-,19+,25?/m0/s1. The van der Waals surface area contributed by atoms with Crippen LogP contribution in [0.1, 0.15) is 38.2 Å². The summed E-state index contributed by atoms with van der Waals surface area (Å²) in [4.78, 5) is 25.2. The summed E-state index contributed by atoms with van der Waals surface area (Å²) in [6.07, 6.45) is 6.99. The van der Waals surface area contributed by atoms with Crippen LogP contribution in [0.15, 0.2) is 30.3 Å². The van der Waals surface area contributed by atoms with E-state index in [9.17, 15) is 14.1 Å². The third-order valence-corrected chi connectivity index (χ3v) is 5.96. The van der Waals surface area contributed by atoms with Crippen molar-refractivity contribution in [3.8, 4) is 0 Å². The Hall–Kier alpha value is -1.53. The number of carbonyl (C=O) groups is 2. The highest BCUT2D eigenvalue weighted by Crippen LogP contribution is 2.29. The van der Waals surface area contributed by atoms with E-state index >= 15 is 0 Å². The van der Waals surface area contributed by atoms with Gasteiger partial charge in [-0.05, 0) is 42.9 Å². The lowest BCUT2D eigenvalue weighted by Gasteiger charge is -2.43. The number of hydrogen-bond acceptors (Lipinski definition) is 3. The molecule has 0 bridgehead atoms. The van der Waals surface area contributed by atoms with Gasteiger partial charge >= 0.3 is 0 Å². The molecule has 1 aliphatic heterocycles. The van der Waals surface area contributed by atoms with E-state index in [1.165, 1.54) is 10.5 Å². The SMILES string of the molecule is C[C@H]1C(=O)N(CC(=O)NCCCCCCc2ccccc2)[C@@H]1[S+](C)[O-]. The van der Waals surface area contributed by atoms with Crippen LogP contribution in [0.3, 0.4) is 0 Å². The van der Waals surface area contributed by atoms with Crippen molar-refractivity contribution in [1.29, 1.82) is 0 Å².